The Morgan fingerprint density at radius 3 is 2.19 bits per heavy atom. The zero-order chi connectivity index (χ0) is 25.7. The number of rotatable bonds is 9. The van der Waals surface area contributed by atoms with Gasteiger partial charge in [-0.05, 0) is 29.9 Å². The van der Waals surface area contributed by atoms with Crippen molar-refractivity contribution in [1.29, 1.82) is 0 Å². The zero-order valence-corrected chi connectivity index (χ0v) is 22.1. The van der Waals surface area contributed by atoms with Crippen LogP contribution in [0.4, 0.5) is 11.4 Å². The lowest BCUT2D eigenvalue weighted by atomic mass is 9.73. The van der Waals surface area contributed by atoms with Crippen LogP contribution in [0.2, 0.25) is 0 Å². The first-order valence-electron chi connectivity index (χ1n) is 12.9. The van der Waals surface area contributed by atoms with E-state index in [1.54, 1.807) is 0 Å². The molecule has 0 radical (unpaired) electrons. The lowest BCUT2D eigenvalue weighted by Crippen LogP contribution is -2.42. The molecule has 4 rings (SSSR count). The highest BCUT2D eigenvalue weighted by atomic mass is 15.4. The van der Waals surface area contributed by atoms with Crippen molar-refractivity contribution in [2.45, 2.75) is 51.6 Å². The van der Waals surface area contributed by atoms with Gasteiger partial charge >= 0.3 is 0 Å². The molecule has 1 aliphatic heterocycles. The molecule has 0 aromatic heterocycles. The second-order valence-corrected chi connectivity index (χ2v) is 10.6. The monoisotopic (exact) mass is 479 g/mol. The van der Waals surface area contributed by atoms with Gasteiger partial charge in [-0.3, -0.25) is 0 Å². The number of hydrazone groups is 1. The fraction of sp³-hybridized carbons (Fsp3) is 0.333. The second kappa shape index (κ2) is 11.1. The molecule has 0 saturated carbocycles. The van der Waals surface area contributed by atoms with E-state index in [0.717, 1.165) is 41.1 Å². The molecule has 0 saturated heterocycles. The Kier molecular flexibility index (Phi) is 7.95. The number of anilines is 1. The van der Waals surface area contributed by atoms with Gasteiger partial charge in [0.05, 0.1) is 17.1 Å². The van der Waals surface area contributed by atoms with Crippen LogP contribution in [0.15, 0.2) is 89.0 Å². The average molecular weight is 479 g/mol. The summed E-state index contributed by atoms with van der Waals surface area (Å²) < 4.78 is 0. The number of hydrogen-bond donors (Lipinski definition) is 2. The molecule has 0 fully saturated rings. The first-order valence-corrected chi connectivity index (χ1v) is 12.9. The van der Waals surface area contributed by atoms with Gasteiger partial charge in [0.1, 0.15) is 0 Å². The summed E-state index contributed by atoms with van der Waals surface area (Å²) in [4.78, 5) is 7.12. The molecule has 6 heteroatoms. The van der Waals surface area contributed by atoms with Crippen molar-refractivity contribution in [3.05, 3.63) is 95.6 Å². The largest absolute Gasteiger partial charge is 0.379 e. The predicted octanol–water partition coefficient (Wildman–Crippen LogP) is 5.35. The molecule has 36 heavy (non-hydrogen) atoms. The molecule has 0 aliphatic carbocycles. The number of aliphatic imine (C=N–C) groups is 1. The number of para-hydroxylation sites is 1. The van der Waals surface area contributed by atoms with Crippen molar-refractivity contribution < 1.29 is 0 Å². The normalized spacial score (nSPS) is 17.9. The van der Waals surface area contributed by atoms with E-state index in [1.807, 2.05) is 32.1 Å². The summed E-state index contributed by atoms with van der Waals surface area (Å²) in [5.74, 6) is 0.119. The van der Waals surface area contributed by atoms with Gasteiger partial charge in [-0.15, -0.1) is 0 Å². The van der Waals surface area contributed by atoms with Crippen molar-refractivity contribution in [3.8, 4) is 0 Å². The Bertz CT molecular complexity index is 1160. The van der Waals surface area contributed by atoms with Crippen molar-refractivity contribution >= 4 is 31.3 Å². The average Bonchev–Trinajstić information content (AvgIpc) is 3.27. The minimum atomic E-state index is -0.0415. The maximum Gasteiger partial charge on any atom is 0.241 e. The molecular formula is C30H38BN5. The van der Waals surface area contributed by atoms with Crippen molar-refractivity contribution in [2.75, 3.05) is 12.4 Å². The summed E-state index contributed by atoms with van der Waals surface area (Å²) in [6, 6.07) is 27.5. The fourth-order valence-electron chi connectivity index (χ4n) is 5.12. The summed E-state index contributed by atoms with van der Waals surface area (Å²) in [6.07, 6.45) is 3.97. The van der Waals surface area contributed by atoms with Crippen LogP contribution in [0, 0.1) is 5.41 Å². The first kappa shape index (κ1) is 25.7. The molecule has 3 atom stereocenters. The molecule has 0 bridgehead atoms. The molecule has 0 amide bonds. The number of nitrogens with zero attached hydrogens (tertiary/aromatic N) is 3. The SMILES string of the molecule is BN(C)/N=C\C1c2cccc(N=C(c3ccccc3)c3ccccc3)c2NC1C(C)(C)CC(N)CC. The molecule has 3 aromatic rings. The smallest absolute Gasteiger partial charge is 0.241 e. The van der Waals surface area contributed by atoms with E-state index >= 15 is 0 Å². The van der Waals surface area contributed by atoms with Crippen LogP contribution in [-0.2, 0) is 0 Å². The van der Waals surface area contributed by atoms with E-state index in [9.17, 15) is 0 Å². The minimum Gasteiger partial charge on any atom is -0.379 e. The molecule has 1 aliphatic rings. The summed E-state index contributed by atoms with van der Waals surface area (Å²) in [5, 5.41) is 8.54. The van der Waals surface area contributed by atoms with E-state index in [4.69, 9.17) is 10.7 Å². The molecule has 186 valence electrons. The van der Waals surface area contributed by atoms with Crippen LogP contribution in [0.3, 0.4) is 0 Å². The number of hydrogen-bond acceptors (Lipinski definition) is 5. The first-order chi connectivity index (χ1) is 17.3. The molecule has 3 unspecified atom stereocenters. The van der Waals surface area contributed by atoms with E-state index in [0.29, 0.717) is 0 Å². The Labute approximate surface area is 217 Å². The quantitative estimate of drug-likeness (QED) is 0.247. The van der Waals surface area contributed by atoms with Crippen LogP contribution in [0.1, 0.15) is 56.2 Å². The van der Waals surface area contributed by atoms with Crippen molar-refractivity contribution in [1.82, 2.24) is 4.92 Å². The van der Waals surface area contributed by atoms with E-state index in [1.165, 1.54) is 5.56 Å². The summed E-state index contributed by atoms with van der Waals surface area (Å²) >= 11 is 0. The third-order valence-corrected chi connectivity index (χ3v) is 7.03. The van der Waals surface area contributed by atoms with E-state index in [-0.39, 0.29) is 23.4 Å². The highest BCUT2D eigenvalue weighted by Crippen LogP contribution is 2.48. The molecule has 1 heterocycles. The highest BCUT2D eigenvalue weighted by Gasteiger charge is 2.42. The lowest BCUT2D eigenvalue weighted by Gasteiger charge is -2.37. The molecular weight excluding hydrogens is 441 g/mol. The molecule has 3 aromatic carbocycles. The second-order valence-electron chi connectivity index (χ2n) is 10.6. The Hall–Kier alpha value is -3.38. The highest BCUT2D eigenvalue weighted by molar-refractivity contribution is 6.14. The zero-order valence-electron chi connectivity index (χ0n) is 22.1. The third kappa shape index (κ3) is 5.71. The van der Waals surface area contributed by atoms with Gasteiger partial charge in [-0.2, -0.15) is 0 Å². The van der Waals surface area contributed by atoms with Gasteiger partial charge < -0.3 is 16.0 Å². The Balaban J connectivity index is 1.82. The standard InChI is InChI=1S/C30H38BN5/c1-5-23(32)19-30(2,3)29-25(20-33-36(4)31)24-17-12-18-26(28(24)35-29)34-27(21-13-8-6-9-14-21)22-15-10-7-11-16-22/h6-18,20,23,25,29,35H,5,19,31-32H2,1-4H3/b33-20-. The van der Waals surface area contributed by atoms with Gasteiger partial charge in [0.15, 0.2) is 0 Å². The van der Waals surface area contributed by atoms with Crippen molar-refractivity contribution in [2.24, 2.45) is 21.2 Å². The molecule has 3 N–H and O–H groups in total. The molecule has 5 nitrogen and oxygen atoms in total. The Morgan fingerprint density at radius 2 is 1.64 bits per heavy atom. The Morgan fingerprint density at radius 1 is 1.03 bits per heavy atom. The van der Waals surface area contributed by atoms with E-state index in [2.05, 4.69) is 104 Å². The third-order valence-electron chi connectivity index (χ3n) is 7.03. The van der Waals surface area contributed by atoms with Gasteiger partial charge in [-0.1, -0.05) is 93.6 Å². The van der Waals surface area contributed by atoms with Crippen LogP contribution in [0.25, 0.3) is 0 Å². The van der Waals surface area contributed by atoms with Crippen molar-refractivity contribution in [3.63, 3.8) is 0 Å². The van der Waals surface area contributed by atoms with Crippen LogP contribution >= 0.6 is 0 Å². The van der Waals surface area contributed by atoms with Crippen LogP contribution in [-0.4, -0.2) is 44.0 Å². The number of nitrogens with two attached hydrogens (primary N) is 1. The summed E-state index contributed by atoms with van der Waals surface area (Å²) in [5.41, 5.74) is 12.8. The summed E-state index contributed by atoms with van der Waals surface area (Å²) in [7, 11) is 3.92. The number of nitrogens with one attached hydrogen (secondary N) is 1. The number of fused-ring (bicyclic) bond motifs is 1. The fourth-order valence-corrected chi connectivity index (χ4v) is 5.12. The van der Waals surface area contributed by atoms with E-state index < -0.39 is 0 Å². The van der Waals surface area contributed by atoms with Gasteiger partial charge in [0, 0.05) is 42.4 Å². The lowest BCUT2D eigenvalue weighted by molar-refractivity contribution is 0.252. The van der Waals surface area contributed by atoms with Crippen LogP contribution < -0.4 is 11.1 Å². The maximum absolute atomic E-state index is 6.43. The van der Waals surface area contributed by atoms with Crippen LogP contribution in [0.5, 0.6) is 0 Å². The molecule has 0 spiro atoms. The number of benzene rings is 3. The maximum atomic E-state index is 6.43. The van der Waals surface area contributed by atoms with Gasteiger partial charge in [-0.25, -0.2) is 10.1 Å². The topological polar surface area (TPSA) is 66.0 Å². The summed E-state index contributed by atoms with van der Waals surface area (Å²) in [6.45, 7) is 6.78. The van der Waals surface area contributed by atoms with Gasteiger partial charge in [0.25, 0.3) is 0 Å². The minimum absolute atomic E-state index is 0.0415. The van der Waals surface area contributed by atoms with Gasteiger partial charge in [0.2, 0.25) is 7.98 Å². The predicted molar refractivity (Wildman–Crippen MR) is 156 cm³/mol.